The van der Waals surface area contributed by atoms with E-state index >= 15 is 0 Å². The monoisotopic (exact) mass is 255 g/mol. The fourth-order valence-corrected chi connectivity index (χ4v) is 2.70. The van der Waals surface area contributed by atoms with Crippen molar-refractivity contribution in [1.82, 2.24) is 15.5 Å². The van der Waals surface area contributed by atoms with Crippen LogP contribution in [0.4, 0.5) is 4.79 Å². The number of carbonyl (C=O) groups excluding carboxylic acids is 1. The van der Waals surface area contributed by atoms with Gasteiger partial charge in [-0.3, -0.25) is 4.90 Å². The molecule has 0 heterocycles. The molecule has 1 rings (SSSR count). The van der Waals surface area contributed by atoms with Gasteiger partial charge in [0.25, 0.3) is 0 Å². The molecule has 1 fully saturated rings. The molecule has 1 saturated carbocycles. The average Bonchev–Trinajstić information content (AvgIpc) is 2.39. The summed E-state index contributed by atoms with van der Waals surface area (Å²) in [7, 11) is 0. The highest BCUT2D eigenvalue weighted by atomic mass is 16.2. The molecule has 2 N–H and O–H groups in total. The van der Waals surface area contributed by atoms with Crippen LogP contribution in [0.2, 0.25) is 0 Å². The molecule has 0 bridgehead atoms. The minimum atomic E-state index is 0.000839. The maximum atomic E-state index is 11.8. The fraction of sp³-hybridized carbons (Fsp3) is 0.929. The fourth-order valence-electron chi connectivity index (χ4n) is 2.70. The summed E-state index contributed by atoms with van der Waals surface area (Å²) >= 11 is 0. The van der Waals surface area contributed by atoms with Crippen LogP contribution in [0.15, 0.2) is 0 Å². The summed E-state index contributed by atoms with van der Waals surface area (Å²) in [5.41, 5.74) is 0. The van der Waals surface area contributed by atoms with Crippen LogP contribution in [0.5, 0.6) is 0 Å². The van der Waals surface area contributed by atoms with Gasteiger partial charge < -0.3 is 10.6 Å². The largest absolute Gasteiger partial charge is 0.337 e. The van der Waals surface area contributed by atoms with E-state index in [0.29, 0.717) is 12.1 Å². The molecule has 1 unspecified atom stereocenters. The van der Waals surface area contributed by atoms with Gasteiger partial charge in [-0.2, -0.15) is 0 Å². The second-order valence-corrected chi connectivity index (χ2v) is 5.26. The highest BCUT2D eigenvalue weighted by molar-refractivity contribution is 5.74. The lowest BCUT2D eigenvalue weighted by atomic mass is 9.96. The molecule has 1 aliphatic carbocycles. The molecule has 1 atom stereocenters. The Morgan fingerprint density at radius 3 is 2.39 bits per heavy atom. The lowest BCUT2D eigenvalue weighted by Crippen LogP contribution is -2.48. The van der Waals surface area contributed by atoms with E-state index in [2.05, 4.69) is 36.3 Å². The molecule has 0 radical (unpaired) electrons. The van der Waals surface area contributed by atoms with Gasteiger partial charge in [-0.15, -0.1) is 0 Å². The van der Waals surface area contributed by atoms with Gasteiger partial charge in [0.05, 0.1) is 0 Å². The van der Waals surface area contributed by atoms with Crippen LogP contribution in [-0.2, 0) is 0 Å². The molecule has 4 nitrogen and oxygen atoms in total. The van der Waals surface area contributed by atoms with Crippen molar-refractivity contribution in [1.29, 1.82) is 0 Å². The number of carbonyl (C=O) groups is 1. The Hall–Kier alpha value is -0.770. The number of nitrogens with zero attached hydrogens (tertiary/aromatic N) is 1. The molecule has 0 aromatic carbocycles. The highest BCUT2D eigenvalue weighted by Crippen LogP contribution is 2.17. The van der Waals surface area contributed by atoms with Crippen molar-refractivity contribution in [2.75, 3.05) is 19.6 Å². The Labute approximate surface area is 111 Å². The average molecular weight is 255 g/mol. The summed E-state index contributed by atoms with van der Waals surface area (Å²) < 4.78 is 0. The van der Waals surface area contributed by atoms with Gasteiger partial charge in [0.1, 0.15) is 0 Å². The first kappa shape index (κ1) is 15.3. The summed E-state index contributed by atoms with van der Waals surface area (Å²) in [5.74, 6) is 0. The zero-order valence-corrected chi connectivity index (χ0v) is 12.2. The van der Waals surface area contributed by atoms with Gasteiger partial charge in [-0.25, -0.2) is 4.79 Å². The smallest absolute Gasteiger partial charge is 0.315 e. The molecule has 0 saturated heterocycles. The third-order valence-electron chi connectivity index (χ3n) is 3.93. The number of amides is 2. The van der Waals surface area contributed by atoms with Gasteiger partial charge in [0, 0.05) is 18.6 Å². The first-order chi connectivity index (χ1) is 8.67. The Morgan fingerprint density at radius 1 is 1.22 bits per heavy atom. The predicted molar refractivity (Wildman–Crippen MR) is 75.8 cm³/mol. The van der Waals surface area contributed by atoms with Gasteiger partial charge >= 0.3 is 6.03 Å². The summed E-state index contributed by atoms with van der Waals surface area (Å²) in [6, 6.07) is 0.792. The van der Waals surface area contributed by atoms with E-state index in [0.717, 1.165) is 32.5 Å². The molecule has 0 aromatic heterocycles. The lowest BCUT2D eigenvalue weighted by Gasteiger charge is -2.27. The Bertz CT molecular complexity index is 235. The van der Waals surface area contributed by atoms with Crippen molar-refractivity contribution >= 4 is 6.03 Å². The van der Waals surface area contributed by atoms with E-state index in [1.54, 1.807) is 0 Å². The molecule has 18 heavy (non-hydrogen) atoms. The minimum absolute atomic E-state index is 0.000839. The van der Waals surface area contributed by atoms with Crippen LogP contribution < -0.4 is 10.6 Å². The third-order valence-corrected chi connectivity index (χ3v) is 3.93. The quantitative estimate of drug-likeness (QED) is 0.765. The van der Waals surface area contributed by atoms with E-state index in [-0.39, 0.29) is 6.03 Å². The van der Waals surface area contributed by atoms with Crippen LogP contribution >= 0.6 is 0 Å². The molecule has 2 amide bonds. The van der Waals surface area contributed by atoms with Gasteiger partial charge in [-0.1, -0.05) is 33.1 Å². The molecule has 0 aromatic rings. The normalized spacial score (nSPS) is 18.7. The number of rotatable bonds is 6. The van der Waals surface area contributed by atoms with Crippen LogP contribution in [0, 0.1) is 0 Å². The first-order valence-electron chi connectivity index (χ1n) is 7.45. The molecular formula is C14H29N3O. The number of nitrogens with one attached hydrogen (secondary N) is 2. The van der Waals surface area contributed by atoms with E-state index in [1.165, 1.54) is 19.3 Å². The van der Waals surface area contributed by atoms with Crippen LogP contribution in [0.25, 0.3) is 0 Å². The lowest BCUT2D eigenvalue weighted by molar-refractivity contribution is 0.211. The zero-order valence-electron chi connectivity index (χ0n) is 12.2. The summed E-state index contributed by atoms with van der Waals surface area (Å²) in [5, 5.41) is 6.07. The molecule has 1 aliphatic rings. The van der Waals surface area contributed by atoms with E-state index in [1.807, 2.05) is 0 Å². The zero-order chi connectivity index (χ0) is 13.4. The second-order valence-electron chi connectivity index (χ2n) is 5.26. The van der Waals surface area contributed by atoms with Gasteiger partial charge in [-0.05, 0) is 32.9 Å². The summed E-state index contributed by atoms with van der Waals surface area (Å²) in [6.45, 7) is 9.26. The van der Waals surface area contributed by atoms with Crippen molar-refractivity contribution in [3.05, 3.63) is 0 Å². The first-order valence-corrected chi connectivity index (χ1v) is 7.45. The Balaban J connectivity index is 2.19. The van der Waals surface area contributed by atoms with Crippen molar-refractivity contribution in [2.45, 2.75) is 65.0 Å². The topological polar surface area (TPSA) is 44.4 Å². The number of hydrogen-bond donors (Lipinski definition) is 2. The molecule has 0 spiro atoms. The van der Waals surface area contributed by atoms with Crippen molar-refractivity contribution in [3.63, 3.8) is 0 Å². The van der Waals surface area contributed by atoms with E-state index in [4.69, 9.17) is 0 Å². The number of urea groups is 1. The summed E-state index contributed by atoms with van der Waals surface area (Å²) in [6.07, 6.45) is 6.10. The maximum Gasteiger partial charge on any atom is 0.315 e. The third kappa shape index (κ3) is 5.25. The standard InChI is InChI=1S/C14H29N3O/c1-4-17(5-2)12(3)11-15-14(18)16-13-9-7-6-8-10-13/h12-13H,4-11H2,1-3H3,(H2,15,16,18). The summed E-state index contributed by atoms with van der Waals surface area (Å²) in [4.78, 5) is 14.1. The predicted octanol–water partition coefficient (Wildman–Crippen LogP) is 2.35. The molecule has 0 aliphatic heterocycles. The number of hydrogen-bond acceptors (Lipinski definition) is 2. The molecule has 4 heteroatoms. The van der Waals surface area contributed by atoms with Gasteiger partial charge in [0.2, 0.25) is 0 Å². The molecular weight excluding hydrogens is 226 g/mol. The Morgan fingerprint density at radius 2 is 1.83 bits per heavy atom. The highest BCUT2D eigenvalue weighted by Gasteiger charge is 2.16. The Kier molecular flexibility index (Phi) is 7.09. The van der Waals surface area contributed by atoms with Crippen molar-refractivity contribution in [2.24, 2.45) is 0 Å². The van der Waals surface area contributed by atoms with Crippen molar-refractivity contribution in [3.8, 4) is 0 Å². The maximum absolute atomic E-state index is 11.8. The minimum Gasteiger partial charge on any atom is -0.337 e. The van der Waals surface area contributed by atoms with Crippen molar-refractivity contribution < 1.29 is 4.79 Å². The second kappa shape index (κ2) is 8.35. The van der Waals surface area contributed by atoms with Crippen LogP contribution in [0.1, 0.15) is 52.9 Å². The van der Waals surface area contributed by atoms with E-state index in [9.17, 15) is 4.79 Å². The van der Waals surface area contributed by atoms with Gasteiger partial charge in [0.15, 0.2) is 0 Å². The van der Waals surface area contributed by atoms with E-state index < -0.39 is 0 Å². The van der Waals surface area contributed by atoms with Crippen LogP contribution in [0.3, 0.4) is 0 Å². The van der Waals surface area contributed by atoms with Crippen LogP contribution in [-0.4, -0.2) is 42.6 Å². The SMILES string of the molecule is CCN(CC)C(C)CNC(=O)NC1CCCCC1. The molecule has 106 valence electrons. The number of likely N-dealkylation sites (N-methyl/N-ethyl adjacent to an activating group) is 1.